The summed E-state index contributed by atoms with van der Waals surface area (Å²) in [6, 6.07) is 24.2. The van der Waals surface area contributed by atoms with Crippen LogP contribution in [0.3, 0.4) is 0 Å². The van der Waals surface area contributed by atoms with Crippen LogP contribution in [0.2, 0.25) is 0 Å². The summed E-state index contributed by atoms with van der Waals surface area (Å²) in [5.74, 6) is 4.36. The number of rotatable bonds is 15. The molecule has 53 heavy (non-hydrogen) atoms. The second-order valence-electron chi connectivity index (χ2n) is 13.3. The Morgan fingerprint density at radius 1 is 0.736 bits per heavy atom. The van der Waals surface area contributed by atoms with Crippen LogP contribution in [0.15, 0.2) is 83.4 Å². The number of benzene rings is 4. The van der Waals surface area contributed by atoms with E-state index >= 15 is 0 Å². The number of nitrogens with zero attached hydrogens (tertiary/aromatic N) is 1. The molecule has 2 atom stereocenters. The first-order valence-electron chi connectivity index (χ1n) is 17.2. The van der Waals surface area contributed by atoms with Crippen LogP contribution in [0.4, 0.5) is 5.69 Å². The van der Waals surface area contributed by atoms with Gasteiger partial charge in [-0.2, -0.15) is 0 Å². The number of ether oxygens (including phenoxy) is 7. The molecule has 12 nitrogen and oxygen atoms in total. The Morgan fingerprint density at radius 3 is 2.11 bits per heavy atom. The quantitative estimate of drug-likeness (QED) is 0.108. The van der Waals surface area contributed by atoms with E-state index in [1.807, 2.05) is 86.6 Å². The van der Waals surface area contributed by atoms with Gasteiger partial charge in [0.15, 0.2) is 40.3 Å². The molecule has 0 saturated heterocycles. The average Bonchev–Trinajstić information content (AvgIpc) is 3.66. The minimum absolute atomic E-state index is 0.107. The first kappa shape index (κ1) is 36.7. The number of carbonyl (C=O) groups excluding carboxylic acids is 1. The van der Waals surface area contributed by atoms with Gasteiger partial charge in [-0.05, 0) is 86.3 Å². The van der Waals surface area contributed by atoms with Crippen molar-refractivity contribution < 1.29 is 42.5 Å². The Balaban J connectivity index is 1.11. The molecule has 2 heterocycles. The lowest BCUT2D eigenvalue weighted by Gasteiger charge is -2.30. The molecule has 6 rings (SSSR count). The predicted octanol–water partition coefficient (Wildman–Crippen LogP) is 8.17. The molecule has 12 heteroatoms. The summed E-state index contributed by atoms with van der Waals surface area (Å²) in [6.07, 6.45) is 0.272. The number of nitrogens with one attached hydrogen (secondary N) is 2. The highest BCUT2D eigenvalue weighted by molar-refractivity contribution is 6.01. The van der Waals surface area contributed by atoms with Gasteiger partial charge in [0.05, 0.1) is 47.7 Å². The Bertz CT molecular complexity index is 2050. The van der Waals surface area contributed by atoms with E-state index in [0.717, 1.165) is 22.4 Å². The summed E-state index contributed by atoms with van der Waals surface area (Å²) in [6.45, 7) is 6.60. The van der Waals surface area contributed by atoms with E-state index < -0.39 is 11.8 Å². The normalized spacial score (nSPS) is 14.3. The fourth-order valence-electron chi connectivity index (χ4n) is 6.51. The highest BCUT2D eigenvalue weighted by Crippen LogP contribution is 2.43. The molecule has 1 aromatic heterocycles. The Hall–Kier alpha value is -6.04. The molecule has 4 aromatic carbocycles. The third-order valence-electron chi connectivity index (χ3n) is 8.94. The largest absolute Gasteiger partial charge is 0.493 e. The van der Waals surface area contributed by atoms with Crippen molar-refractivity contribution in [1.29, 1.82) is 0 Å². The summed E-state index contributed by atoms with van der Waals surface area (Å²) >= 11 is 0. The molecule has 0 spiro atoms. The summed E-state index contributed by atoms with van der Waals surface area (Å²) in [7, 11) is 7.90. The van der Waals surface area contributed by atoms with Gasteiger partial charge in [0.25, 0.3) is 5.91 Å². The van der Waals surface area contributed by atoms with Gasteiger partial charge in [0, 0.05) is 22.9 Å². The third kappa shape index (κ3) is 8.06. The number of hydrogen-bond donors (Lipinski definition) is 2. The first-order valence-corrected chi connectivity index (χ1v) is 17.2. The number of anilines is 1. The zero-order valence-corrected chi connectivity index (χ0v) is 31.2. The Labute approximate surface area is 309 Å². The van der Waals surface area contributed by atoms with Gasteiger partial charge in [-0.1, -0.05) is 30.3 Å². The van der Waals surface area contributed by atoms with Crippen LogP contribution in [0.1, 0.15) is 49.3 Å². The molecule has 0 saturated carbocycles. The summed E-state index contributed by atoms with van der Waals surface area (Å²) in [5, 5.41) is 10.7. The Morgan fingerprint density at radius 2 is 1.42 bits per heavy atom. The minimum Gasteiger partial charge on any atom is -0.493 e. The highest BCUT2D eigenvalue weighted by atomic mass is 16.5. The van der Waals surface area contributed by atoms with Crippen molar-refractivity contribution in [2.45, 2.75) is 39.0 Å². The van der Waals surface area contributed by atoms with Crippen molar-refractivity contribution in [1.82, 2.24) is 10.5 Å². The van der Waals surface area contributed by atoms with E-state index in [9.17, 15) is 4.79 Å². The van der Waals surface area contributed by atoms with E-state index in [1.54, 1.807) is 41.6 Å². The predicted molar refractivity (Wildman–Crippen MR) is 201 cm³/mol. The van der Waals surface area contributed by atoms with Crippen LogP contribution >= 0.6 is 0 Å². The zero-order chi connectivity index (χ0) is 37.7. The van der Waals surface area contributed by atoms with Crippen LogP contribution in [0.5, 0.6) is 40.2 Å². The van der Waals surface area contributed by atoms with Gasteiger partial charge in [-0.3, -0.25) is 4.79 Å². The second kappa shape index (κ2) is 15.7. The van der Waals surface area contributed by atoms with E-state index in [4.69, 9.17) is 37.7 Å². The van der Waals surface area contributed by atoms with Crippen molar-refractivity contribution in [2.24, 2.45) is 5.92 Å². The number of hydrogen-bond acceptors (Lipinski definition) is 11. The van der Waals surface area contributed by atoms with E-state index in [1.165, 1.54) is 0 Å². The van der Waals surface area contributed by atoms with Gasteiger partial charge >= 0.3 is 0 Å². The molecule has 0 bridgehead atoms. The zero-order valence-electron chi connectivity index (χ0n) is 31.2. The standard InChI is InChI=1S/C41H45N3O9/c1-24(23-51-32-16-14-26(18-34(32)47-5)39-42-29-12-10-9-11-28(29)40(45)43-39)22-41(2,3)52-35-17-25(13-15-31(35)46-4)30-21-33(53-44-30)27-19-36(48-6)38(50-8)37(20-27)49-7/h9-21,24,39,42H,22-23H2,1-8H3,(H,43,45). The molecule has 1 aliphatic heterocycles. The van der Waals surface area contributed by atoms with Crippen molar-refractivity contribution >= 4 is 11.6 Å². The third-order valence-corrected chi connectivity index (χ3v) is 8.94. The number of amides is 1. The number of carbonyl (C=O) groups is 1. The molecule has 0 fully saturated rings. The molecule has 0 aliphatic carbocycles. The van der Waals surface area contributed by atoms with Crippen LogP contribution in [-0.2, 0) is 0 Å². The Kier molecular flexibility index (Phi) is 10.9. The molecular formula is C41H45N3O9. The summed E-state index contributed by atoms with van der Waals surface area (Å²) in [5.41, 5.74) is 3.78. The highest BCUT2D eigenvalue weighted by Gasteiger charge is 2.28. The van der Waals surface area contributed by atoms with E-state index in [-0.39, 0.29) is 11.8 Å². The second-order valence-corrected chi connectivity index (χ2v) is 13.3. The monoisotopic (exact) mass is 723 g/mol. The molecule has 2 unspecified atom stereocenters. The molecule has 5 aromatic rings. The maximum absolute atomic E-state index is 12.7. The molecule has 1 amide bonds. The molecule has 2 N–H and O–H groups in total. The van der Waals surface area contributed by atoms with Gasteiger partial charge in [0.1, 0.15) is 17.5 Å². The SMILES string of the molecule is COc1cc(C2NC(=O)c3ccccc3N2)ccc1OCC(C)CC(C)(C)Oc1cc(-c2cc(-c3cc(OC)c(OC)c(OC)c3)on2)ccc1OC. The fraction of sp³-hybridized carbons (Fsp3) is 0.317. The van der Waals surface area contributed by atoms with Gasteiger partial charge in [-0.25, -0.2) is 0 Å². The summed E-state index contributed by atoms with van der Waals surface area (Å²) in [4.78, 5) is 12.7. The van der Waals surface area contributed by atoms with Crippen molar-refractivity contribution in [3.05, 3.63) is 90.0 Å². The van der Waals surface area contributed by atoms with Crippen molar-refractivity contribution in [3.63, 3.8) is 0 Å². The van der Waals surface area contributed by atoms with Crippen molar-refractivity contribution in [2.75, 3.05) is 47.5 Å². The smallest absolute Gasteiger partial charge is 0.255 e. The lowest BCUT2D eigenvalue weighted by Crippen LogP contribution is -2.38. The van der Waals surface area contributed by atoms with Crippen LogP contribution in [0, 0.1) is 5.92 Å². The topological polar surface area (TPSA) is 132 Å². The van der Waals surface area contributed by atoms with Crippen LogP contribution < -0.4 is 43.8 Å². The van der Waals surface area contributed by atoms with Crippen LogP contribution in [0.25, 0.3) is 22.6 Å². The van der Waals surface area contributed by atoms with Gasteiger partial charge in [-0.15, -0.1) is 0 Å². The number of aromatic nitrogens is 1. The van der Waals surface area contributed by atoms with E-state index in [2.05, 4.69) is 22.7 Å². The summed E-state index contributed by atoms with van der Waals surface area (Å²) < 4.78 is 46.4. The molecule has 0 radical (unpaired) electrons. The average molecular weight is 724 g/mol. The minimum atomic E-state index is -0.588. The first-order chi connectivity index (χ1) is 25.6. The maximum atomic E-state index is 12.7. The molecule has 278 valence electrons. The maximum Gasteiger partial charge on any atom is 0.255 e. The molecule has 1 aliphatic rings. The number of fused-ring (bicyclic) bond motifs is 1. The number of methoxy groups -OCH3 is 5. The lowest BCUT2D eigenvalue weighted by molar-refractivity contribution is 0.0681. The van der Waals surface area contributed by atoms with Crippen molar-refractivity contribution in [3.8, 4) is 62.8 Å². The molecular weight excluding hydrogens is 678 g/mol. The van der Waals surface area contributed by atoms with E-state index in [0.29, 0.717) is 70.3 Å². The fourth-order valence-corrected chi connectivity index (χ4v) is 6.51. The number of para-hydroxylation sites is 1. The van der Waals surface area contributed by atoms with Gasteiger partial charge < -0.3 is 48.3 Å². The van der Waals surface area contributed by atoms with Crippen LogP contribution in [-0.4, -0.2) is 58.8 Å². The lowest BCUT2D eigenvalue weighted by atomic mass is 9.95. The van der Waals surface area contributed by atoms with Gasteiger partial charge in [0.2, 0.25) is 5.75 Å².